The SMILES string of the molecule is CCOCC(=O)NC1Cc2cccc(C(=O)O)c2OB1O. The van der Waals surface area contributed by atoms with Crippen molar-refractivity contribution in [3.8, 4) is 5.75 Å². The highest BCUT2D eigenvalue weighted by atomic mass is 16.5. The Morgan fingerprint density at radius 3 is 2.95 bits per heavy atom. The molecule has 1 aliphatic rings. The first-order chi connectivity index (χ1) is 10.0. The number of carboxylic acids is 1. The van der Waals surface area contributed by atoms with Crippen LogP contribution in [0.4, 0.5) is 0 Å². The van der Waals surface area contributed by atoms with Gasteiger partial charge in [0.2, 0.25) is 5.91 Å². The summed E-state index contributed by atoms with van der Waals surface area (Å²) in [5.74, 6) is -1.98. The van der Waals surface area contributed by atoms with E-state index in [2.05, 4.69) is 5.32 Å². The molecule has 1 atom stereocenters. The van der Waals surface area contributed by atoms with E-state index in [1.165, 1.54) is 6.07 Å². The van der Waals surface area contributed by atoms with E-state index in [9.17, 15) is 14.6 Å². The van der Waals surface area contributed by atoms with Gasteiger partial charge in [0.1, 0.15) is 12.4 Å². The summed E-state index contributed by atoms with van der Waals surface area (Å²) in [5, 5.41) is 21.6. The van der Waals surface area contributed by atoms with Gasteiger partial charge in [-0.15, -0.1) is 0 Å². The number of rotatable bonds is 5. The summed E-state index contributed by atoms with van der Waals surface area (Å²) in [5.41, 5.74) is 0.618. The predicted octanol–water partition coefficient (Wildman–Crippen LogP) is -0.139. The minimum atomic E-state index is -1.30. The second kappa shape index (κ2) is 6.60. The first kappa shape index (κ1) is 15.3. The maximum atomic E-state index is 11.6. The number of para-hydroxylation sites is 1. The number of benzene rings is 1. The van der Waals surface area contributed by atoms with Gasteiger partial charge in [0.25, 0.3) is 0 Å². The van der Waals surface area contributed by atoms with Crippen molar-refractivity contribution in [2.45, 2.75) is 19.3 Å². The number of hydrogen-bond donors (Lipinski definition) is 3. The van der Waals surface area contributed by atoms with Gasteiger partial charge < -0.3 is 24.8 Å². The molecule has 2 rings (SSSR count). The summed E-state index contributed by atoms with van der Waals surface area (Å²) >= 11 is 0. The van der Waals surface area contributed by atoms with Crippen molar-refractivity contribution in [3.63, 3.8) is 0 Å². The lowest BCUT2D eigenvalue weighted by atomic mass is 9.72. The molecule has 1 unspecified atom stereocenters. The van der Waals surface area contributed by atoms with Crippen molar-refractivity contribution < 1.29 is 29.1 Å². The molecular weight excluding hydrogens is 277 g/mol. The summed E-state index contributed by atoms with van der Waals surface area (Å²) in [7, 11) is -1.30. The quantitative estimate of drug-likeness (QED) is 0.653. The highest BCUT2D eigenvalue weighted by Crippen LogP contribution is 2.29. The Bertz CT molecular complexity index is 549. The average Bonchev–Trinajstić information content (AvgIpc) is 2.45. The Labute approximate surface area is 122 Å². The Morgan fingerprint density at radius 2 is 2.29 bits per heavy atom. The molecule has 0 saturated carbocycles. The Kier molecular flexibility index (Phi) is 4.82. The van der Waals surface area contributed by atoms with Crippen LogP contribution in [0.1, 0.15) is 22.8 Å². The zero-order valence-corrected chi connectivity index (χ0v) is 11.5. The van der Waals surface area contributed by atoms with Crippen LogP contribution in [0.5, 0.6) is 5.75 Å². The van der Waals surface area contributed by atoms with Gasteiger partial charge >= 0.3 is 13.1 Å². The van der Waals surface area contributed by atoms with Crippen LogP contribution in [-0.2, 0) is 16.0 Å². The number of fused-ring (bicyclic) bond motifs is 1. The molecule has 21 heavy (non-hydrogen) atoms. The lowest BCUT2D eigenvalue weighted by Gasteiger charge is -2.28. The molecule has 0 radical (unpaired) electrons. The van der Waals surface area contributed by atoms with Gasteiger partial charge in [-0.05, 0) is 25.0 Å². The summed E-state index contributed by atoms with van der Waals surface area (Å²) in [6.07, 6.45) is 0.287. The molecule has 0 bridgehead atoms. The van der Waals surface area contributed by atoms with Crippen LogP contribution in [0.3, 0.4) is 0 Å². The third-order valence-corrected chi connectivity index (χ3v) is 3.13. The molecule has 1 aliphatic heterocycles. The van der Waals surface area contributed by atoms with E-state index >= 15 is 0 Å². The Hall–Kier alpha value is -2.06. The van der Waals surface area contributed by atoms with E-state index in [0.717, 1.165) is 0 Å². The molecule has 0 saturated heterocycles. The average molecular weight is 293 g/mol. The molecule has 1 amide bonds. The molecule has 112 valence electrons. The smallest absolute Gasteiger partial charge is 0.534 e. The third kappa shape index (κ3) is 3.53. The topological polar surface area (TPSA) is 105 Å². The maximum absolute atomic E-state index is 11.6. The second-order valence-electron chi connectivity index (χ2n) is 4.62. The molecule has 7 nitrogen and oxygen atoms in total. The normalized spacial score (nSPS) is 16.9. The van der Waals surface area contributed by atoms with Crippen LogP contribution in [0.15, 0.2) is 18.2 Å². The van der Waals surface area contributed by atoms with Gasteiger partial charge in [-0.25, -0.2) is 4.79 Å². The molecule has 8 heteroatoms. The summed E-state index contributed by atoms with van der Waals surface area (Å²) in [4.78, 5) is 22.7. The lowest BCUT2D eigenvalue weighted by Crippen LogP contribution is -2.53. The Morgan fingerprint density at radius 1 is 1.52 bits per heavy atom. The van der Waals surface area contributed by atoms with Crippen molar-refractivity contribution in [1.82, 2.24) is 5.32 Å². The van der Waals surface area contributed by atoms with Crippen LogP contribution >= 0.6 is 0 Å². The number of amides is 1. The van der Waals surface area contributed by atoms with Crippen molar-refractivity contribution in [2.24, 2.45) is 0 Å². The molecule has 1 aromatic carbocycles. The van der Waals surface area contributed by atoms with Crippen LogP contribution in [0.25, 0.3) is 0 Å². The van der Waals surface area contributed by atoms with Crippen molar-refractivity contribution in [2.75, 3.05) is 13.2 Å². The van der Waals surface area contributed by atoms with E-state index in [4.69, 9.17) is 14.5 Å². The van der Waals surface area contributed by atoms with E-state index < -0.39 is 19.0 Å². The zero-order chi connectivity index (χ0) is 15.4. The first-order valence-corrected chi connectivity index (χ1v) is 6.60. The number of carbonyl (C=O) groups excluding carboxylic acids is 1. The summed E-state index contributed by atoms with van der Waals surface area (Å²) in [6, 6.07) is 4.71. The molecule has 1 heterocycles. The maximum Gasteiger partial charge on any atom is 0.547 e. The van der Waals surface area contributed by atoms with E-state index in [1.807, 2.05) is 0 Å². The summed E-state index contributed by atoms with van der Waals surface area (Å²) < 4.78 is 10.2. The van der Waals surface area contributed by atoms with Gasteiger partial charge in [0.15, 0.2) is 0 Å². The molecule has 3 N–H and O–H groups in total. The summed E-state index contributed by atoms with van der Waals surface area (Å²) in [6.45, 7) is 2.10. The van der Waals surface area contributed by atoms with Crippen molar-refractivity contribution in [1.29, 1.82) is 0 Å². The van der Waals surface area contributed by atoms with E-state index in [0.29, 0.717) is 12.2 Å². The van der Waals surface area contributed by atoms with Crippen LogP contribution in [0, 0.1) is 0 Å². The van der Waals surface area contributed by atoms with Gasteiger partial charge in [-0.2, -0.15) is 0 Å². The fourth-order valence-electron chi connectivity index (χ4n) is 2.16. The van der Waals surface area contributed by atoms with Crippen LogP contribution in [0.2, 0.25) is 0 Å². The van der Waals surface area contributed by atoms with Crippen molar-refractivity contribution >= 4 is 19.0 Å². The molecule has 0 aromatic heterocycles. The lowest BCUT2D eigenvalue weighted by molar-refractivity contribution is -0.125. The molecule has 0 fully saturated rings. The van der Waals surface area contributed by atoms with E-state index in [1.54, 1.807) is 19.1 Å². The fraction of sp³-hybridized carbons (Fsp3) is 0.385. The predicted molar refractivity (Wildman–Crippen MR) is 74.1 cm³/mol. The fourth-order valence-corrected chi connectivity index (χ4v) is 2.16. The van der Waals surface area contributed by atoms with Gasteiger partial charge in [0.05, 0.1) is 11.5 Å². The number of carbonyl (C=O) groups is 2. The number of ether oxygens (including phenoxy) is 1. The standard InChI is InChI=1S/C13H16BNO6/c1-2-20-7-11(16)15-10-6-8-4-3-5-9(13(17)18)12(8)21-14(10)19/h3-5,10,19H,2,6-7H2,1H3,(H,15,16)(H,17,18). The minimum absolute atomic E-state index is 0.00866. The number of nitrogens with one attached hydrogen (secondary N) is 1. The number of carboxylic acid groups (broad SMARTS) is 1. The molecule has 1 aromatic rings. The zero-order valence-electron chi connectivity index (χ0n) is 11.5. The second-order valence-corrected chi connectivity index (χ2v) is 4.62. The highest BCUT2D eigenvalue weighted by molar-refractivity contribution is 6.47. The van der Waals surface area contributed by atoms with Crippen molar-refractivity contribution in [3.05, 3.63) is 29.3 Å². The number of aromatic carboxylic acids is 1. The third-order valence-electron chi connectivity index (χ3n) is 3.13. The highest BCUT2D eigenvalue weighted by Gasteiger charge is 2.37. The monoisotopic (exact) mass is 293 g/mol. The number of hydrogen-bond acceptors (Lipinski definition) is 5. The largest absolute Gasteiger partial charge is 0.547 e. The molecule has 0 spiro atoms. The Balaban J connectivity index is 2.12. The molecule has 0 aliphatic carbocycles. The minimum Gasteiger partial charge on any atom is -0.534 e. The van der Waals surface area contributed by atoms with Gasteiger partial charge in [-0.1, -0.05) is 12.1 Å². The molecular formula is C13H16BNO6. The van der Waals surface area contributed by atoms with Crippen LogP contribution in [-0.4, -0.2) is 48.3 Å². The van der Waals surface area contributed by atoms with Gasteiger partial charge in [0, 0.05) is 6.61 Å². The van der Waals surface area contributed by atoms with Gasteiger partial charge in [-0.3, -0.25) is 4.79 Å². The van der Waals surface area contributed by atoms with Crippen LogP contribution < -0.4 is 9.97 Å². The first-order valence-electron chi connectivity index (χ1n) is 6.60. The van der Waals surface area contributed by atoms with E-state index in [-0.39, 0.29) is 30.2 Å².